The van der Waals surface area contributed by atoms with Gasteiger partial charge in [-0.25, -0.2) is 4.39 Å². The lowest BCUT2D eigenvalue weighted by atomic mass is 10.1. The number of rotatable bonds is 6. The summed E-state index contributed by atoms with van der Waals surface area (Å²) in [7, 11) is 1.49. The highest BCUT2D eigenvalue weighted by atomic mass is 35.5. The van der Waals surface area contributed by atoms with Gasteiger partial charge in [0.15, 0.2) is 11.5 Å². The van der Waals surface area contributed by atoms with Crippen molar-refractivity contribution < 1.29 is 23.5 Å². The molecular weight excluding hydrogens is 405 g/mol. The molecule has 146 valence electrons. The average Bonchev–Trinajstić information content (AvgIpc) is 2.91. The maximum Gasteiger partial charge on any atom is 0.293 e. The second-order valence-corrected chi connectivity index (χ2v) is 7.26. The van der Waals surface area contributed by atoms with Gasteiger partial charge in [0, 0.05) is 0 Å². The summed E-state index contributed by atoms with van der Waals surface area (Å²) in [6.07, 6.45) is 1.59. The summed E-state index contributed by atoms with van der Waals surface area (Å²) >= 11 is 7.08. The van der Waals surface area contributed by atoms with Crippen molar-refractivity contribution in [3.8, 4) is 11.5 Å². The van der Waals surface area contributed by atoms with E-state index in [9.17, 15) is 14.0 Å². The fourth-order valence-electron chi connectivity index (χ4n) is 2.69. The Morgan fingerprint density at radius 2 is 1.93 bits per heavy atom. The molecular formula is C20H17ClFNO4S. The number of halogens is 2. The summed E-state index contributed by atoms with van der Waals surface area (Å²) in [5.41, 5.74) is 1.28. The minimum absolute atomic E-state index is 0.0792. The third-order valence-electron chi connectivity index (χ3n) is 3.96. The predicted molar refractivity (Wildman–Crippen MR) is 107 cm³/mol. The monoisotopic (exact) mass is 421 g/mol. The maximum atomic E-state index is 13.0. The molecule has 0 spiro atoms. The Bertz CT molecular complexity index is 946. The Kier molecular flexibility index (Phi) is 6.26. The Hall–Kier alpha value is -2.51. The molecule has 0 aliphatic carbocycles. The van der Waals surface area contributed by atoms with Crippen molar-refractivity contribution >= 4 is 40.6 Å². The molecule has 0 atom stereocenters. The van der Waals surface area contributed by atoms with E-state index in [1.165, 1.54) is 19.2 Å². The summed E-state index contributed by atoms with van der Waals surface area (Å²) < 4.78 is 23.8. The number of imide groups is 1. The zero-order valence-electron chi connectivity index (χ0n) is 15.2. The standard InChI is InChI=1S/C20H17ClFNO4S/c1-3-27-16-9-13(8-15(21)18(16)26-2)10-17-19(24)23(20(25)28-17)11-12-4-6-14(22)7-5-12/h4-10H,3,11H2,1-2H3/b17-10-. The molecule has 0 aromatic heterocycles. The van der Waals surface area contributed by atoms with Crippen molar-refractivity contribution in [3.05, 3.63) is 63.3 Å². The molecule has 1 fully saturated rings. The second kappa shape index (κ2) is 8.67. The lowest BCUT2D eigenvalue weighted by molar-refractivity contribution is -0.123. The number of carbonyl (C=O) groups excluding carboxylic acids is 2. The quantitative estimate of drug-likeness (QED) is 0.606. The van der Waals surface area contributed by atoms with E-state index in [2.05, 4.69) is 0 Å². The van der Waals surface area contributed by atoms with Crippen molar-refractivity contribution in [3.63, 3.8) is 0 Å². The molecule has 1 saturated heterocycles. The van der Waals surface area contributed by atoms with E-state index < -0.39 is 5.91 Å². The third kappa shape index (κ3) is 4.31. The zero-order valence-corrected chi connectivity index (χ0v) is 16.8. The van der Waals surface area contributed by atoms with E-state index >= 15 is 0 Å². The van der Waals surface area contributed by atoms with Gasteiger partial charge in [0.2, 0.25) is 0 Å². The van der Waals surface area contributed by atoms with Gasteiger partial charge < -0.3 is 9.47 Å². The van der Waals surface area contributed by atoms with Gasteiger partial charge in [-0.1, -0.05) is 23.7 Å². The third-order valence-corrected chi connectivity index (χ3v) is 5.15. The number of ether oxygens (including phenoxy) is 2. The summed E-state index contributed by atoms with van der Waals surface area (Å²) in [4.78, 5) is 26.3. The van der Waals surface area contributed by atoms with Crippen LogP contribution in [0.5, 0.6) is 11.5 Å². The first-order chi connectivity index (χ1) is 13.4. The number of benzene rings is 2. The van der Waals surface area contributed by atoms with Gasteiger partial charge in [0.1, 0.15) is 5.82 Å². The van der Waals surface area contributed by atoms with Crippen molar-refractivity contribution in [2.45, 2.75) is 13.5 Å². The highest BCUT2D eigenvalue weighted by Crippen LogP contribution is 2.39. The number of nitrogens with zero attached hydrogens (tertiary/aromatic N) is 1. The topological polar surface area (TPSA) is 55.8 Å². The first-order valence-corrected chi connectivity index (χ1v) is 9.62. The summed E-state index contributed by atoms with van der Waals surface area (Å²) in [6.45, 7) is 2.33. The minimum Gasteiger partial charge on any atom is -0.491 e. The number of hydrogen-bond donors (Lipinski definition) is 0. The molecule has 1 aliphatic rings. The van der Waals surface area contributed by atoms with E-state index in [-0.39, 0.29) is 22.5 Å². The molecule has 0 N–H and O–H groups in total. The van der Waals surface area contributed by atoms with E-state index in [1.807, 2.05) is 6.92 Å². The Balaban J connectivity index is 1.86. The smallest absolute Gasteiger partial charge is 0.293 e. The van der Waals surface area contributed by atoms with Gasteiger partial charge in [0.25, 0.3) is 11.1 Å². The van der Waals surface area contributed by atoms with Crippen LogP contribution >= 0.6 is 23.4 Å². The molecule has 5 nitrogen and oxygen atoms in total. The SMILES string of the molecule is CCOc1cc(/C=C2\SC(=O)N(Cc3ccc(F)cc3)C2=O)cc(Cl)c1OC. The Morgan fingerprint density at radius 3 is 2.57 bits per heavy atom. The van der Waals surface area contributed by atoms with Crippen molar-refractivity contribution in [1.29, 1.82) is 0 Å². The average molecular weight is 422 g/mol. The first kappa shape index (κ1) is 20.2. The summed E-state index contributed by atoms with van der Waals surface area (Å²) in [5.74, 6) is 0.0721. The second-order valence-electron chi connectivity index (χ2n) is 5.86. The van der Waals surface area contributed by atoms with Crippen LogP contribution in [0.25, 0.3) is 6.08 Å². The molecule has 1 aliphatic heterocycles. The van der Waals surface area contributed by atoms with Gasteiger partial charge in [-0.05, 0) is 60.2 Å². The Morgan fingerprint density at radius 1 is 1.21 bits per heavy atom. The summed E-state index contributed by atoms with van der Waals surface area (Å²) in [6, 6.07) is 9.00. The normalized spacial score (nSPS) is 15.4. The molecule has 2 aromatic carbocycles. The number of carbonyl (C=O) groups is 2. The zero-order chi connectivity index (χ0) is 20.3. The number of amides is 2. The molecule has 0 unspecified atom stereocenters. The van der Waals surface area contributed by atoms with Crippen LogP contribution in [-0.2, 0) is 11.3 Å². The van der Waals surface area contributed by atoms with E-state index in [1.54, 1.807) is 30.3 Å². The molecule has 0 saturated carbocycles. The lowest BCUT2D eigenvalue weighted by Gasteiger charge is -2.13. The highest BCUT2D eigenvalue weighted by molar-refractivity contribution is 8.18. The number of thioether (sulfide) groups is 1. The molecule has 0 radical (unpaired) electrons. The van der Waals surface area contributed by atoms with Crippen LogP contribution in [-0.4, -0.2) is 29.8 Å². The first-order valence-electron chi connectivity index (χ1n) is 8.43. The van der Waals surface area contributed by atoms with E-state index in [4.69, 9.17) is 21.1 Å². The van der Waals surface area contributed by atoms with Crippen molar-refractivity contribution in [1.82, 2.24) is 4.90 Å². The van der Waals surface area contributed by atoms with Gasteiger partial charge in [-0.3, -0.25) is 14.5 Å². The fourth-order valence-corrected chi connectivity index (χ4v) is 3.83. The molecule has 28 heavy (non-hydrogen) atoms. The van der Waals surface area contributed by atoms with Crippen molar-refractivity contribution in [2.75, 3.05) is 13.7 Å². The number of hydrogen-bond acceptors (Lipinski definition) is 5. The van der Waals surface area contributed by atoms with Crippen LogP contribution in [0.4, 0.5) is 9.18 Å². The molecule has 3 rings (SSSR count). The predicted octanol–water partition coefficient (Wildman–Crippen LogP) is 5.12. The minimum atomic E-state index is -0.413. The molecule has 8 heteroatoms. The van der Waals surface area contributed by atoms with Crippen LogP contribution in [0.15, 0.2) is 41.3 Å². The van der Waals surface area contributed by atoms with Crippen LogP contribution in [0, 0.1) is 5.82 Å². The van der Waals surface area contributed by atoms with E-state index in [0.29, 0.717) is 34.3 Å². The molecule has 1 heterocycles. The largest absolute Gasteiger partial charge is 0.491 e. The van der Waals surface area contributed by atoms with Crippen molar-refractivity contribution in [2.24, 2.45) is 0 Å². The fraction of sp³-hybridized carbons (Fsp3) is 0.200. The van der Waals surface area contributed by atoms with Gasteiger partial charge in [-0.2, -0.15) is 0 Å². The van der Waals surface area contributed by atoms with Crippen LogP contribution < -0.4 is 9.47 Å². The molecule has 0 bridgehead atoms. The van der Waals surface area contributed by atoms with Gasteiger partial charge in [-0.15, -0.1) is 0 Å². The van der Waals surface area contributed by atoms with Crippen LogP contribution in [0.3, 0.4) is 0 Å². The van der Waals surface area contributed by atoms with Crippen LogP contribution in [0.1, 0.15) is 18.1 Å². The Labute approximate surface area is 171 Å². The van der Waals surface area contributed by atoms with Crippen LogP contribution in [0.2, 0.25) is 5.02 Å². The number of methoxy groups -OCH3 is 1. The maximum absolute atomic E-state index is 13.0. The van der Waals surface area contributed by atoms with Gasteiger partial charge >= 0.3 is 0 Å². The van der Waals surface area contributed by atoms with E-state index in [0.717, 1.165) is 16.7 Å². The lowest BCUT2D eigenvalue weighted by Crippen LogP contribution is -2.27. The molecule has 2 amide bonds. The highest BCUT2D eigenvalue weighted by Gasteiger charge is 2.35. The van der Waals surface area contributed by atoms with Gasteiger partial charge in [0.05, 0.1) is 30.2 Å². The summed E-state index contributed by atoms with van der Waals surface area (Å²) in [5, 5.41) is -0.0459. The molecule has 2 aromatic rings.